The van der Waals surface area contributed by atoms with Gasteiger partial charge in [-0.2, -0.15) is 0 Å². The van der Waals surface area contributed by atoms with Gasteiger partial charge >= 0.3 is 5.97 Å². The number of ether oxygens (including phenoxy) is 1. The van der Waals surface area contributed by atoms with E-state index in [-0.39, 0.29) is 11.6 Å². The summed E-state index contributed by atoms with van der Waals surface area (Å²) in [6.07, 6.45) is 3.58. The van der Waals surface area contributed by atoms with Gasteiger partial charge in [0.15, 0.2) is 0 Å². The summed E-state index contributed by atoms with van der Waals surface area (Å²) in [5.41, 5.74) is -0.388. The van der Waals surface area contributed by atoms with Crippen molar-refractivity contribution in [2.75, 3.05) is 32.7 Å². The van der Waals surface area contributed by atoms with Crippen LogP contribution in [0.2, 0.25) is 0 Å². The van der Waals surface area contributed by atoms with Gasteiger partial charge < -0.3 is 10.1 Å². The highest BCUT2D eigenvalue weighted by atomic mass is 16.6. The molecule has 1 aliphatic heterocycles. The fourth-order valence-electron chi connectivity index (χ4n) is 2.55. The van der Waals surface area contributed by atoms with Crippen molar-refractivity contribution in [3.8, 4) is 0 Å². The first-order valence-electron chi connectivity index (χ1n) is 7.55. The van der Waals surface area contributed by atoms with Crippen molar-refractivity contribution in [2.24, 2.45) is 5.92 Å². The molecule has 0 aromatic heterocycles. The molecular weight excluding hydrogens is 240 g/mol. The van der Waals surface area contributed by atoms with Crippen molar-refractivity contribution in [3.05, 3.63) is 0 Å². The zero-order valence-electron chi connectivity index (χ0n) is 13.0. The van der Waals surface area contributed by atoms with Crippen LogP contribution in [-0.2, 0) is 9.53 Å². The van der Waals surface area contributed by atoms with Crippen LogP contribution < -0.4 is 5.32 Å². The normalized spacial score (nSPS) is 20.6. The minimum absolute atomic E-state index is 0.107. The summed E-state index contributed by atoms with van der Waals surface area (Å²) >= 11 is 0. The molecule has 1 N–H and O–H groups in total. The first kappa shape index (κ1) is 16.4. The summed E-state index contributed by atoms with van der Waals surface area (Å²) in [7, 11) is 0. The number of piperidine rings is 1. The van der Waals surface area contributed by atoms with Gasteiger partial charge in [0.05, 0.1) is 6.54 Å². The zero-order chi connectivity index (χ0) is 14.3. The van der Waals surface area contributed by atoms with Gasteiger partial charge in [0, 0.05) is 6.54 Å². The van der Waals surface area contributed by atoms with Crippen molar-refractivity contribution in [2.45, 2.75) is 52.6 Å². The summed E-state index contributed by atoms with van der Waals surface area (Å²) in [6, 6.07) is 0. The average molecular weight is 270 g/mol. The molecular formula is C15H30N2O2. The molecule has 112 valence electrons. The molecule has 0 aromatic rings. The molecule has 4 nitrogen and oxygen atoms in total. The third-order valence-corrected chi connectivity index (χ3v) is 3.23. The molecule has 1 fully saturated rings. The minimum atomic E-state index is -0.388. The van der Waals surface area contributed by atoms with Gasteiger partial charge in [0.25, 0.3) is 0 Å². The lowest BCUT2D eigenvalue weighted by molar-refractivity contribution is -0.156. The summed E-state index contributed by atoms with van der Waals surface area (Å²) in [5.74, 6) is 0.562. The molecule has 0 aromatic carbocycles. The second-order valence-electron chi connectivity index (χ2n) is 6.53. The lowest BCUT2D eigenvalue weighted by atomic mass is 9.99. The topological polar surface area (TPSA) is 41.6 Å². The van der Waals surface area contributed by atoms with Crippen LogP contribution >= 0.6 is 0 Å². The van der Waals surface area contributed by atoms with E-state index >= 15 is 0 Å². The van der Waals surface area contributed by atoms with Crippen molar-refractivity contribution < 1.29 is 9.53 Å². The summed E-state index contributed by atoms with van der Waals surface area (Å²) < 4.78 is 5.41. The fourth-order valence-corrected chi connectivity index (χ4v) is 2.55. The Labute approximate surface area is 117 Å². The quantitative estimate of drug-likeness (QED) is 0.750. The first-order valence-corrected chi connectivity index (χ1v) is 7.55. The van der Waals surface area contributed by atoms with Crippen LogP contribution in [-0.4, -0.2) is 49.2 Å². The van der Waals surface area contributed by atoms with Crippen LogP contribution in [0.15, 0.2) is 0 Å². The Morgan fingerprint density at radius 1 is 1.42 bits per heavy atom. The van der Waals surface area contributed by atoms with E-state index in [2.05, 4.69) is 17.1 Å². The standard InChI is InChI=1S/C15H30N2O2/c1-5-9-17(11-13-7-6-8-16-10-13)12-14(18)19-15(2,3)4/h13,16H,5-12H2,1-4H3. The number of esters is 1. The number of hydrogen-bond acceptors (Lipinski definition) is 4. The molecule has 0 saturated carbocycles. The highest BCUT2D eigenvalue weighted by Crippen LogP contribution is 2.13. The molecule has 1 atom stereocenters. The Morgan fingerprint density at radius 2 is 2.16 bits per heavy atom. The minimum Gasteiger partial charge on any atom is -0.459 e. The molecule has 1 aliphatic rings. The van der Waals surface area contributed by atoms with E-state index in [0.717, 1.165) is 32.6 Å². The summed E-state index contributed by atoms with van der Waals surface area (Å²) in [6.45, 7) is 12.5. The van der Waals surface area contributed by atoms with Crippen LogP contribution in [0.4, 0.5) is 0 Å². The van der Waals surface area contributed by atoms with E-state index in [1.165, 1.54) is 12.8 Å². The molecule has 1 saturated heterocycles. The number of rotatable bonds is 6. The molecule has 0 amide bonds. The molecule has 0 bridgehead atoms. The second kappa shape index (κ2) is 7.85. The zero-order valence-corrected chi connectivity index (χ0v) is 13.0. The van der Waals surface area contributed by atoms with E-state index in [0.29, 0.717) is 12.5 Å². The maximum Gasteiger partial charge on any atom is 0.320 e. The molecule has 1 rings (SSSR count). The van der Waals surface area contributed by atoms with Crippen molar-refractivity contribution >= 4 is 5.97 Å². The Morgan fingerprint density at radius 3 is 2.68 bits per heavy atom. The number of nitrogens with one attached hydrogen (secondary N) is 1. The summed E-state index contributed by atoms with van der Waals surface area (Å²) in [4.78, 5) is 14.1. The highest BCUT2D eigenvalue weighted by Gasteiger charge is 2.21. The van der Waals surface area contributed by atoms with Gasteiger partial charge in [0.1, 0.15) is 5.60 Å². The third kappa shape index (κ3) is 7.53. The van der Waals surface area contributed by atoms with Gasteiger partial charge in [-0.25, -0.2) is 0 Å². The third-order valence-electron chi connectivity index (χ3n) is 3.23. The first-order chi connectivity index (χ1) is 8.90. The van der Waals surface area contributed by atoms with Crippen molar-refractivity contribution in [1.29, 1.82) is 0 Å². The second-order valence-corrected chi connectivity index (χ2v) is 6.53. The van der Waals surface area contributed by atoms with Gasteiger partial charge in [-0.1, -0.05) is 6.92 Å². The van der Waals surface area contributed by atoms with E-state index in [4.69, 9.17) is 4.74 Å². The maximum atomic E-state index is 11.9. The fraction of sp³-hybridized carbons (Fsp3) is 0.933. The molecule has 0 radical (unpaired) electrons. The maximum absolute atomic E-state index is 11.9. The molecule has 0 spiro atoms. The SMILES string of the molecule is CCCN(CC(=O)OC(C)(C)C)CC1CCCNC1. The predicted octanol–water partition coefficient (Wildman–Crippen LogP) is 2.04. The van der Waals surface area contributed by atoms with E-state index < -0.39 is 0 Å². The van der Waals surface area contributed by atoms with Crippen LogP contribution in [0.3, 0.4) is 0 Å². The number of hydrogen-bond donors (Lipinski definition) is 1. The largest absolute Gasteiger partial charge is 0.459 e. The van der Waals surface area contributed by atoms with Gasteiger partial charge in [-0.05, 0) is 65.6 Å². The lowest BCUT2D eigenvalue weighted by Crippen LogP contribution is -2.42. The molecule has 0 aliphatic carbocycles. The summed E-state index contributed by atoms with van der Waals surface area (Å²) in [5, 5.41) is 3.43. The number of carbonyl (C=O) groups is 1. The smallest absolute Gasteiger partial charge is 0.320 e. The average Bonchev–Trinajstić information content (AvgIpc) is 2.27. The van der Waals surface area contributed by atoms with Crippen LogP contribution in [0.1, 0.15) is 47.0 Å². The van der Waals surface area contributed by atoms with Crippen LogP contribution in [0.5, 0.6) is 0 Å². The molecule has 4 heteroatoms. The highest BCUT2D eigenvalue weighted by molar-refractivity contribution is 5.72. The van der Waals surface area contributed by atoms with E-state index in [9.17, 15) is 4.79 Å². The molecule has 1 heterocycles. The monoisotopic (exact) mass is 270 g/mol. The van der Waals surface area contributed by atoms with Gasteiger partial charge in [-0.3, -0.25) is 9.69 Å². The van der Waals surface area contributed by atoms with Crippen LogP contribution in [0.25, 0.3) is 0 Å². The number of carbonyl (C=O) groups excluding carboxylic acids is 1. The Hall–Kier alpha value is -0.610. The lowest BCUT2D eigenvalue weighted by Gasteiger charge is -2.30. The Bertz CT molecular complexity index is 268. The molecule has 19 heavy (non-hydrogen) atoms. The van der Waals surface area contributed by atoms with E-state index in [1.807, 2.05) is 20.8 Å². The van der Waals surface area contributed by atoms with E-state index in [1.54, 1.807) is 0 Å². The Balaban J connectivity index is 2.40. The number of nitrogens with zero attached hydrogens (tertiary/aromatic N) is 1. The van der Waals surface area contributed by atoms with Crippen molar-refractivity contribution in [3.63, 3.8) is 0 Å². The Kier molecular flexibility index (Phi) is 6.80. The predicted molar refractivity (Wildman–Crippen MR) is 78.2 cm³/mol. The van der Waals surface area contributed by atoms with Crippen molar-refractivity contribution in [1.82, 2.24) is 10.2 Å². The van der Waals surface area contributed by atoms with Crippen LogP contribution in [0, 0.1) is 5.92 Å². The van der Waals surface area contributed by atoms with Gasteiger partial charge in [0.2, 0.25) is 0 Å². The van der Waals surface area contributed by atoms with Gasteiger partial charge in [-0.15, -0.1) is 0 Å². The molecule has 1 unspecified atom stereocenters.